The van der Waals surface area contributed by atoms with E-state index in [1.807, 2.05) is 51.3 Å². The second kappa shape index (κ2) is 16.5. The molecular formula is C44H52N8O6S2. The average Bonchev–Trinajstić information content (AvgIpc) is 4.08. The quantitative estimate of drug-likeness (QED) is 0.106. The summed E-state index contributed by atoms with van der Waals surface area (Å²) in [4.78, 5) is 75.0. The molecule has 0 saturated carbocycles. The molecule has 2 aliphatic rings. The molecule has 316 valence electrons. The summed E-state index contributed by atoms with van der Waals surface area (Å²) in [6.07, 6.45) is 1.98. The largest absolute Gasteiger partial charge is 0.453 e. The summed E-state index contributed by atoms with van der Waals surface area (Å²) in [6, 6.07) is 15.1. The highest BCUT2D eigenvalue weighted by Gasteiger charge is 2.42. The number of aromatic nitrogens is 4. The number of alkyl carbamates (subject to hydrolysis) is 2. The first-order valence-electron chi connectivity index (χ1n) is 20.6. The van der Waals surface area contributed by atoms with Crippen molar-refractivity contribution in [2.75, 3.05) is 14.2 Å². The first kappa shape index (κ1) is 41.3. The second-order valence-corrected chi connectivity index (χ2v) is 18.9. The lowest BCUT2D eigenvalue weighted by atomic mass is 10.0. The van der Waals surface area contributed by atoms with Crippen LogP contribution >= 0.6 is 22.7 Å². The summed E-state index contributed by atoms with van der Waals surface area (Å²) in [6.45, 7) is 11.7. The summed E-state index contributed by atoms with van der Waals surface area (Å²) in [7, 11) is 2.60. The second-order valence-electron chi connectivity index (χ2n) is 16.7. The highest BCUT2D eigenvalue weighted by atomic mass is 32.1. The number of hydrogen-bond acceptors (Lipinski definition) is 10. The summed E-state index contributed by atoms with van der Waals surface area (Å²) < 4.78 is 12.0. The zero-order chi connectivity index (χ0) is 42.6. The summed E-state index contributed by atoms with van der Waals surface area (Å²) in [5, 5.41) is 5.47. The first-order valence-corrected chi connectivity index (χ1v) is 22.2. The van der Waals surface area contributed by atoms with Crippen LogP contribution in [0.2, 0.25) is 0 Å². The van der Waals surface area contributed by atoms with Gasteiger partial charge in [-0.2, -0.15) is 0 Å². The van der Waals surface area contributed by atoms with Crippen LogP contribution in [0.4, 0.5) is 9.59 Å². The van der Waals surface area contributed by atoms with E-state index in [-0.39, 0.29) is 47.8 Å². The van der Waals surface area contributed by atoms with Gasteiger partial charge in [0.15, 0.2) is 0 Å². The van der Waals surface area contributed by atoms with Crippen molar-refractivity contribution in [2.24, 2.45) is 11.8 Å². The van der Waals surface area contributed by atoms with Crippen LogP contribution in [0.1, 0.15) is 91.0 Å². The minimum atomic E-state index is -0.704. The van der Waals surface area contributed by atoms with Crippen LogP contribution in [0, 0.1) is 11.8 Å². The zero-order valence-electron chi connectivity index (χ0n) is 35.1. The SMILES string of the molecule is COC(=O)N[C@H](C(=O)N1[C@@H](C)CC[C@H]1c1nc2cc(-c3cc4sc(-c5ccc6[nH]c([C@@H]7CC[C@H](C)N7C(=O)[C@@H](NC(=O)OC)C(C)C)nc6c5)cc4s3)ccc2[nH]1)C(C)C. The van der Waals surface area contributed by atoms with Crippen molar-refractivity contribution in [3.63, 3.8) is 0 Å². The molecule has 6 aromatic rings. The van der Waals surface area contributed by atoms with Crippen LogP contribution in [-0.4, -0.2) is 92.1 Å². The molecule has 0 radical (unpaired) electrons. The molecule has 2 fully saturated rings. The molecule has 60 heavy (non-hydrogen) atoms. The molecule has 2 aromatic carbocycles. The van der Waals surface area contributed by atoms with E-state index < -0.39 is 24.3 Å². The van der Waals surface area contributed by atoms with Gasteiger partial charge >= 0.3 is 12.2 Å². The molecule has 4 aromatic heterocycles. The molecule has 2 saturated heterocycles. The maximum atomic E-state index is 13.9. The van der Waals surface area contributed by atoms with Crippen LogP contribution in [0.3, 0.4) is 0 Å². The van der Waals surface area contributed by atoms with E-state index in [9.17, 15) is 19.2 Å². The van der Waals surface area contributed by atoms with E-state index in [0.29, 0.717) is 0 Å². The number of rotatable bonds is 10. The number of ether oxygens (including phenoxy) is 2. The highest BCUT2D eigenvalue weighted by Crippen LogP contribution is 2.44. The number of methoxy groups -OCH3 is 2. The van der Waals surface area contributed by atoms with E-state index in [4.69, 9.17) is 19.4 Å². The zero-order valence-corrected chi connectivity index (χ0v) is 36.8. The number of carbonyl (C=O) groups excluding carboxylic acids is 4. The van der Waals surface area contributed by atoms with E-state index >= 15 is 0 Å². The number of likely N-dealkylation sites (tertiary alicyclic amines) is 2. The maximum absolute atomic E-state index is 13.9. The molecule has 0 spiro atoms. The number of amides is 4. The fourth-order valence-corrected chi connectivity index (χ4v) is 11.1. The van der Waals surface area contributed by atoms with Crippen molar-refractivity contribution in [2.45, 2.75) is 103 Å². The van der Waals surface area contributed by atoms with Gasteiger partial charge in [0.25, 0.3) is 0 Å². The predicted octanol–water partition coefficient (Wildman–Crippen LogP) is 8.91. The van der Waals surface area contributed by atoms with E-state index in [2.05, 4.69) is 69.1 Å². The predicted molar refractivity (Wildman–Crippen MR) is 235 cm³/mol. The number of imidazole rings is 2. The minimum Gasteiger partial charge on any atom is -0.453 e. The fourth-order valence-electron chi connectivity index (χ4n) is 8.76. The van der Waals surface area contributed by atoms with Crippen molar-refractivity contribution in [1.82, 2.24) is 40.4 Å². The van der Waals surface area contributed by atoms with Crippen molar-refractivity contribution < 1.29 is 28.7 Å². The molecule has 2 aliphatic heterocycles. The Bertz CT molecular complexity index is 2390. The van der Waals surface area contributed by atoms with Crippen LogP contribution in [0.15, 0.2) is 48.5 Å². The molecule has 6 heterocycles. The molecular weight excluding hydrogens is 801 g/mol. The topological polar surface area (TPSA) is 175 Å². The van der Waals surface area contributed by atoms with Crippen LogP contribution in [-0.2, 0) is 19.1 Å². The average molecular weight is 853 g/mol. The molecule has 6 atom stereocenters. The number of thiophene rings is 2. The van der Waals surface area contributed by atoms with Gasteiger partial charge in [-0.05, 0) is 98.9 Å². The van der Waals surface area contributed by atoms with Gasteiger partial charge in [0.2, 0.25) is 11.8 Å². The number of hydrogen-bond donors (Lipinski definition) is 4. The van der Waals surface area contributed by atoms with Crippen molar-refractivity contribution in [3.8, 4) is 20.9 Å². The molecule has 0 aliphatic carbocycles. The molecule has 4 amide bonds. The number of H-pyrrole nitrogens is 2. The maximum Gasteiger partial charge on any atom is 0.407 e. The lowest BCUT2D eigenvalue weighted by Gasteiger charge is -2.32. The lowest BCUT2D eigenvalue weighted by molar-refractivity contribution is -0.138. The molecule has 14 nitrogen and oxygen atoms in total. The Hall–Kier alpha value is -5.48. The van der Waals surface area contributed by atoms with E-state index in [0.717, 1.165) is 80.3 Å². The Labute approximate surface area is 356 Å². The Morgan fingerprint density at radius 3 is 1.42 bits per heavy atom. The van der Waals surface area contributed by atoms with Gasteiger partial charge < -0.3 is 39.9 Å². The van der Waals surface area contributed by atoms with Gasteiger partial charge in [0.05, 0.1) is 48.4 Å². The summed E-state index contributed by atoms with van der Waals surface area (Å²) >= 11 is 3.48. The van der Waals surface area contributed by atoms with Gasteiger partial charge in [-0.3, -0.25) is 9.59 Å². The van der Waals surface area contributed by atoms with E-state index in [1.54, 1.807) is 22.7 Å². The van der Waals surface area contributed by atoms with Gasteiger partial charge in [-0.25, -0.2) is 19.6 Å². The van der Waals surface area contributed by atoms with Gasteiger partial charge in [0, 0.05) is 31.2 Å². The van der Waals surface area contributed by atoms with Crippen LogP contribution in [0.25, 0.3) is 52.3 Å². The number of nitrogens with zero attached hydrogens (tertiary/aromatic N) is 4. The Balaban J connectivity index is 1.00. The Morgan fingerprint density at radius 2 is 1.05 bits per heavy atom. The van der Waals surface area contributed by atoms with Crippen LogP contribution < -0.4 is 10.6 Å². The van der Waals surface area contributed by atoms with Crippen LogP contribution in [0.5, 0.6) is 0 Å². The Morgan fingerprint density at radius 1 is 0.650 bits per heavy atom. The van der Waals surface area contributed by atoms with E-state index in [1.165, 1.54) is 23.6 Å². The van der Waals surface area contributed by atoms with Crippen molar-refractivity contribution in [3.05, 3.63) is 60.2 Å². The number of nitrogens with one attached hydrogen (secondary N) is 4. The van der Waals surface area contributed by atoms with Crippen molar-refractivity contribution in [1.29, 1.82) is 0 Å². The summed E-state index contributed by atoms with van der Waals surface area (Å²) in [5.74, 6) is 0.987. The fraction of sp³-hybridized carbons (Fsp3) is 0.455. The first-order chi connectivity index (χ1) is 28.7. The third-order valence-electron chi connectivity index (χ3n) is 12.0. The molecule has 8 rings (SSSR count). The van der Waals surface area contributed by atoms with Gasteiger partial charge in [-0.1, -0.05) is 39.8 Å². The number of benzene rings is 2. The molecule has 0 unspecified atom stereocenters. The third kappa shape index (κ3) is 7.70. The lowest BCUT2D eigenvalue weighted by Crippen LogP contribution is -2.52. The smallest absolute Gasteiger partial charge is 0.407 e. The number of fused-ring (bicyclic) bond motifs is 3. The molecule has 0 bridgehead atoms. The van der Waals surface area contributed by atoms with Gasteiger partial charge in [0.1, 0.15) is 23.7 Å². The minimum absolute atomic E-state index is 0.000477. The molecule has 16 heteroatoms. The highest BCUT2D eigenvalue weighted by molar-refractivity contribution is 7.31. The van der Waals surface area contributed by atoms with Crippen molar-refractivity contribution >= 4 is 78.1 Å². The molecule has 4 N–H and O–H groups in total. The monoisotopic (exact) mass is 852 g/mol. The number of aromatic amines is 2. The normalized spacial score (nSPS) is 20.4. The summed E-state index contributed by atoms with van der Waals surface area (Å²) in [5.41, 5.74) is 5.63. The van der Waals surface area contributed by atoms with Gasteiger partial charge in [-0.15, -0.1) is 22.7 Å². The third-order valence-corrected chi connectivity index (χ3v) is 14.4. The Kier molecular flexibility index (Phi) is 11.4. The number of carbonyl (C=O) groups is 4. The standard InChI is InChI=1S/C44H52N8O6S2/c1-21(2)37(49-43(55)57-7)41(53)51-23(5)9-15-31(51)39-45-27-13-11-25(17-29(27)47-39)33-19-35-36(59-33)20-34(60-35)26-12-14-28-30(18-26)48-40(46-28)32-16-10-24(6)52(32)42(54)38(22(3)4)50-44(56)58-8/h11-14,17-24,31-32,37-38H,9-10,15-16H2,1-8H3,(H,45,47)(H,46,48)(H,49,55)(H,50,56)/t23-,24-,31-,32-,37-,38-/m0/s1.